The van der Waals surface area contributed by atoms with Crippen molar-refractivity contribution in [1.29, 1.82) is 0 Å². The molecule has 3 rings (SSSR count). The molecule has 0 spiro atoms. The lowest BCUT2D eigenvalue weighted by atomic mass is 10.0. The summed E-state index contributed by atoms with van der Waals surface area (Å²) in [5.74, 6) is 0.127. The maximum Gasteiger partial charge on any atom is 0.194 e. The summed E-state index contributed by atoms with van der Waals surface area (Å²) in [6, 6.07) is 12.2. The molecule has 20 heavy (non-hydrogen) atoms. The van der Waals surface area contributed by atoms with Crippen LogP contribution in [-0.2, 0) is 0 Å². The van der Waals surface area contributed by atoms with Crippen LogP contribution in [0.1, 0.15) is 15.9 Å². The highest BCUT2D eigenvalue weighted by Gasteiger charge is 2.27. The lowest BCUT2D eigenvalue weighted by Crippen LogP contribution is -2.10. The Labute approximate surface area is 119 Å². The minimum atomic E-state index is 0.127. The Morgan fingerprint density at radius 3 is 1.40 bits per heavy atom. The Hall–Kier alpha value is -2.29. The molecule has 0 saturated heterocycles. The molecule has 3 heteroatoms. The molecule has 1 aliphatic carbocycles. The second-order valence-electron chi connectivity index (χ2n) is 5.58. The fraction of sp³-hybridized carbons (Fsp3) is 0.235. The number of carbonyl (C=O) groups is 1. The Morgan fingerprint density at radius 2 is 1.05 bits per heavy atom. The van der Waals surface area contributed by atoms with Crippen LogP contribution in [0, 0.1) is 0 Å². The van der Waals surface area contributed by atoms with E-state index in [9.17, 15) is 4.79 Å². The van der Waals surface area contributed by atoms with Gasteiger partial charge in [0.05, 0.1) is 0 Å². The predicted octanol–water partition coefficient (Wildman–Crippen LogP) is 3.03. The van der Waals surface area contributed by atoms with Crippen molar-refractivity contribution in [3.63, 3.8) is 0 Å². The zero-order valence-electron chi connectivity index (χ0n) is 12.3. The van der Waals surface area contributed by atoms with Crippen molar-refractivity contribution in [3.05, 3.63) is 47.5 Å². The molecule has 0 amide bonds. The first kappa shape index (κ1) is 12.7. The molecule has 0 aliphatic heterocycles. The number of benzene rings is 2. The van der Waals surface area contributed by atoms with Crippen LogP contribution in [-0.4, -0.2) is 34.0 Å². The Balaban J connectivity index is 2.16. The van der Waals surface area contributed by atoms with E-state index in [0.29, 0.717) is 0 Å². The SMILES string of the molecule is CN(C)c1ccc2c(c1)C(=O)c1cc(N(C)C)ccc1-2. The number of hydrogen-bond donors (Lipinski definition) is 0. The molecular formula is C17H18N2O. The number of ketones is 1. The van der Waals surface area contributed by atoms with Crippen molar-refractivity contribution < 1.29 is 4.79 Å². The van der Waals surface area contributed by atoms with Gasteiger partial charge in [0.15, 0.2) is 5.78 Å². The van der Waals surface area contributed by atoms with E-state index in [0.717, 1.165) is 33.6 Å². The smallest absolute Gasteiger partial charge is 0.194 e. The fourth-order valence-electron chi connectivity index (χ4n) is 2.61. The van der Waals surface area contributed by atoms with E-state index in [1.54, 1.807) is 0 Å². The minimum Gasteiger partial charge on any atom is -0.378 e. The van der Waals surface area contributed by atoms with Crippen molar-refractivity contribution in [1.82, 2.24) is 0 Å². The topological polar surface area (TPSA) is 23.6 Å². The van der Waals surface area contributed by atoms with Gasteiger partial charge >= 0.3 is 0 Å². The summed E-state index contributed by atoms with van der Waals surface area (Å²) in [6.07, 6.45) is 0. The standard InChI is InChI=1S/C17H18N2O/c1-18(2)11-5-7-13-14-8-6-12(19(3)4)10-16(14)17(20)15(13)9-11/h5-10H,1-4H3. The molecule has 2 aromatic rings. The van der Waals surface area contributed by atoms with Gasteiger partial charge < -0.3 is 9.80 Å². The van der Waals surface area contributed by atoms with E-state index in [-0.39, 0.29) is 5.78 Å². The van der Waals surface area contributed by atoms with Crippen LogP contribution in [0.2, 0.25) is 0 Å². The average molecular weight is 266 g/mol. The highest BCUT2D eigenvalue weighted by molar-refractivity contribution is 6.22. The van der Waals surface area contributed by atoms with Gasteiger partial charge in [-0.25, -0.2) is 0 Å². The molecule has 0 atom stereocenters. The molecular weight excluding hydrogens is 248 g/mol. The van der Waals surface area contributed by atoms with Gasteiger partial charge in [-0.2, -0.15) is 0 Å². The molecule has 0 unspecified atom stereocenters. The molecule has 0 N–H and O–H groups in total. The maximum absolute atomic E-state index is 12.6. The normalized spacial score (nSPS) is 12.1. The molecule has 0 bridgehead atoms. The van der Waals surface area contributed by atoms with Crippen LogP contribution in [0.3, 0.4) is 0 Å². The summed E-state index contributed by atoms with van der Waals surface area (Å²) >= 11 is 0. The number of anilines is 2. The van der Waals surface area contributed by atoms with Crippen LogP contribution >= 0.6 is 0 Å². The van der Waals surface area contributed by atoms with Gasteiger partial charge in [0.25, 0.3) is 0 Å². The molecule has 102 valence electrons. The summed E-state index contributed by atoms with van der Waals surface area (Å²) in [5, 5.41) is 0. The van der Waals surface area contributed by atoms with Crippen LogP contribution in [0.25, 0.3) is 11.1 Å². The predicted molar refractivity (Wildman–Crippen MR) is 84.0 cm³/mol. The summed E-state index contributed by atoms with van der Waals surface area (Å²) in [4.78, 5) is 16.6. The van der Waals surface area contributed by atoms with Crippen molar-refractivity contribution in [2.75, 3.05) is 38.0 Å². The van der Waals surface area contributed by atoms with Crippen molar-refractivity contribution in [2.45, 2.75) is 0 Å². The summed E-state index contributed by atoms with van der Waals surface area (Å²) in [6.45, 7) is 0. The lowest BCUT2D eigenvalue weighted by Gasteiger charge is -2.13. The van der Waals surface area contributed by atoms with E-state index in [4.69, 9.17) is 0 Å². The highest BCUT2D eigenvalue weighted by atomic mass is 16.1. The molecule has 1 aliphatic rings. The monoisotopic (exact) mass is 266 g/mol. The third kappa shape index (κ3) is 1.78. The zero-order valence-corrected chi connectivity index (χ0v) is 12.3. The van der Waals surface area contributed by atoms with Crippen LogP contribution in [0.15, 0.2) is 36.4 Å². The van der Waals surface area contributed by atoms with Crippen molar-refractivity contribution >= 4 is 17.2 Å². The van der Waals surface area contributed by atoms with Gasteiger partial charge in [0.2, 0.25) is 0 Å². The molecule has 0 saturated carbocycles. The Morgan fingerprint density at radius 1 is 0.650 bits per heavy atom. The van der Waals surface area contributed by atoms with Gasteiger partial charge in [-0.3, -0.25) is 4.79 Å². The maximum atomic E-state index is 12.6. The summed E-state index contributed by atoms with van der Waals surface area (Å²) < 4.78 is 0. The second kappa shape index (κ2) is 4.37. The van der Waals surface area contributed by atoms with Crippen molar-refractivity contribution in [2.24, 2.45) is 0 Å². The van der Waals surface area contributed by atoms with Gasteiger partial charge in [-0.1, -0.05) is 12.1 Å². The van der Waals surface area contributed by atoms with E-state index < -0.39 is 0 Å². The molecule has 0 fully saturated rings. The number of carbonyl (C=O) groups excluding carboxylic acids is 1. The van der Waals surface area contributed by atoms with Crippen LogP contribution in [0.5, 0.6) is 0 Å². The number of fused-ring (bicyclic) bond motifs is 3. The Kier molecular flexibility index (Phi) is 2.78. The van der Waals surface area contributed by atoms with Crippen molar-refractivity contribution in [3.8, 4) is 11.1 Å². The van der Waals surface area contributed by atoms with Gasteiger partial charge in [-0.15, -0.1) is 0 Å². The first-order chi connectivity index (χ1) is 9.49. The quantitative estimate of drug-likeness (QED) is 0.712. The molecule has 0 radical (unpaired) electrons. The lowest BCUT2D eigenvalue weighted by molar-refractivity contribution is 0.104. The van der Waals surface area contributed by atoms with Crippen LogP contribution in [0.4, 0.5) is 11.4 Å². The molecule has 3 nitrogen and oxygen atoms in total. The largest absolute Gasteiger partial charge is 0.378 e. The summed E-state index contributed by atoms with van der Waals surface area (Å²) in [5.41, 5.74) is 5.81. The highest BCUT2D eigenvalue weighted by Crippen LogP contribution is 2.39. The molecule has 2 aromatic carbocycles. The van der Waals surface area contributed by atoms with Gasteiger partial charge in [0, 0.05) is 50.7 Å². The van der Waals surface area contributed by atoms with E-state index in [1.807, 2.05) is 62.3 Å². The number of nitrogens with zero attached hydrogens (tertiary/aromatic N) is 2. The number of rotatable bonds is 2. The molecule has 0 aromatic heterocycles. The third-order valence-electron chi connectivity index (χ3n) is 3.82. The van der Waals surface area contributed by atoms with E-state index >= 15 is 0 Å². The van der Waals surface area contributed by atoms with Gasteiger partial charge in [0.1, 0.15) is 0 Å². The van der Waals surface area contributed by atoms with Crippen LogP contribution < -0.4 is 9.80 Å². The number of hydrogen-bond acceptors (Lipinski definition) is 3. The van der Waals surface area contributed by atoms with E-state index in [2.05, 4.69) is 12.1 Å². The first-order valence-electron chi connectivity index (χ1n) is 6.67. The minimum absolute atomic E-state index is 0.127. The third-order valence-corrected chi connectivity index (χ3v) is 3.82. The second-order valence-corrected chi connectivity index (χ2v) is 5.58. The zero-order chi connectivity index (χ0) is 14.4. The fourth-order valence-corrected chi connectivity index (χ4v) is 2.61. The first-order valence-corrected chi connectivity index (χ1v) is 6.67. The van der Waals surface area contributed by atoms with E-state index in [1.165, 1.54) is 0 Å². The average Bonchev–Trinajstić information content (AvgIpc) is 2.71. The van der Waals surface area contributed by atoms with Gasteiger partial charge in [-0.05, 0) is 35.4 Å². The summed E-state index contributed by atoms with van der Waals surface area (Å²) in [7, 11) is 7.94. The Bertz CT molecular complexity index is 643. The molecule has 0 heterocycles.